The van der Waals surface area contributed by atoms with Gasteiger partial charge in [-0.15, -0.1) is 0 Å². The number of carbonyl (C=O) groups excluding carboxylic acids is 1. The van der Waals surface area contributed by atoms with Crippen LogP contribution in [0.1, 0.15) is 35.8 Å². The second-order valence-corrected chi connectivity index (χ2v) is 6.94. The van der Waals surface area contributed by atoms with Crippen molar-refractivity contribution in [3.05, 3.63) is 47.8 Å². The number of nitrogens with zero attached hydrogens (tertiary/aromatic N) is 3. The van der Waals surface area contributed by atoms with Gasteiger partial charge in [-0.05, 0) is 31.5 Å². The summed E-state index contributed by atoms with van der Waals surface area (Å²) in [5.74, 6) is -1.01. The Kier molecular flexibility index (Phi) is 6.43. The quantitative estimate of drug-likeness (QED) is 0.681. The van der Waals surface area contributed by atoms with Crippen LogP contribution in [0.4, 0.5) is 0 Å². The fourth-order valence-corrected chi connectivity index (χ4v) is 3.57. The third-order valence-corrected chi connectivity index (χ3v) is 5.10. The van der Waals surface area contributed by atoms with E-state index in [-0.39, 0.29) is 31.1 Å². The highest BCUT2D eigenvalue weighted by Gasteiger charge is 2.35. The van der Waals surface area contributed by atoms with Crippen molar-refractivity contribution in [2.75, 3.05) is 20.2 Å². The fraction of sp³-hybridized carbons (Fsp3) is 0.450. The van der Waals surface area contributed by atoms with Gasteiger partial charge in [0.2, 0.25) is 0 Å². The average molecular weight is 386 g/mol. The molecule has 0 saturated heterocycles. The Morgan fingerprint density at radius 3 is 2.64 bits per heavy atom. The normalized spacial score (nSPS) is 18.7. The van der Waals surface area contributed by atoms with Crippen LogP contribution in [0.2, 0.25) is 0 Å². The van der Waals surface area contributed by atoms with Gasteiger partial charge in [0.15, 0.2) is 0 Å². The first-order valence-corrected chi connectivity index (χ1v) is 9.41. The summed E-state index contributed by atoms with van der Waals surface area (Å²) in [7, 11) is 1.59. The van der Waals surface area contributed by atoms with Gasteiger partial charge in [0.05, 0.1) is 36.3 Å². The lowest BCUT2D eigenvalue weighted by molar-refractivity contribution is -0.139. The van der Waals surface area contributed by atoms with E-state index in [1.807, 2.05) is 42.2 Å². The number of benzene rings is 1. The highest BCUT2D eigenvalue weighted by molar-refractivity contribution is 5.95. The van der Waals surface area contributed by atoms with Gasteiger partial charge in [-0.25, -0.2) is 4.68 Å². The molecule has 1 heterocycles. The molecule has 8 nitrogen and oxygen atoms in total. The maximum Gasteiger partial charge on any atom is 0.317 e. The standard InChI is InChI=1S/C20H26N4O4/c1-3-23(12-19(25)26)16-9-14(10-16)22-20(27)17-11-21-24(18(17)13-28-2)15-7-5-4-6-8-15/h4-8,11,14,16H,3,9-10,12-13H2,1-2H3,(H,22,27)(H,25,26). The highest BCUT2D eigenvalue weighted by Crippen LogP contribution is 2.26. The summed E-state index contributed by atoms with van der Waals surface area (Å²) in [6, 6.07) is 9.83. The summed E-state index contributed by atoms with van der Waals surface area (Å²) >= 11 is 0. The summed E-state index contributed by atoms with van der Waals surface area (Å²) in [6.45, 7) is 2.93. The number of amides is 1. The molecule has 0 radical (unpaired) electrons. The minimum atomic E-state index is -0.827. The minimum Gasteiger partial charge on any atom is -0.480 e. The molecule has 8 heteroatoms. The van der Waals surface area contributed by atoms with Crippen LogP contribution in [0.25, 0.3) is 5.69 Å². The van der Waals surface area contributed by atoms with E-state index >= 15 is 0 Å². The summed E-state index contributed by atoms with van der Waals surface area (Å²) in [5, 5.41) is 16.4. The number of ether oxygens (including phenoxy) is 1. The second kappa shape index (κ2) is 8.99. The maximum absolute atomic E-state index is 12.8. The van der Waals surface area contributed by atoms with Gasteiger partial charge >= 0.3 is 5.97 Å². The number of nitrogens with one attached hydrogen (secondary N) is 1. The predicted molar refractivity (Wildman–Crippen MR) is 103 cm³/mol. The molecule has 2 aromatic rings. The lowest BCUT2D eigenvalue weighted by Crippen LogP contribution is -2.54. The first kappa shape index (κ1) is 20.0. The lowest BCUT2D eigenvalue weighted by Gasteiger charge is -2.42. The van der Waals surface area contributed by atoms with E-state index in [2.05, 4.69) is 10.4 Å². The number of rotatable bonds is 9. The maximum atomic E-state index is 12.8. The van der Waals surface area contributed by atoms with Gasteiger partial charge in [0, 0.05) is 19.2 Å². The van der Waals surface area contributed by atoms with Crippen LogP contribution in [0, 0.1) is 0 Å². The van der Waals surface area contributed by atoms with Crippen molar-refractivity contribution in [1.29, 1.82) is 0 Å². The molecule has 0 unspecified atom stereocenters. The third-order valence-electron chi connectivity index (χ3n) is 5.10. The van der Waals surface area contributed by atoms with E-state index in [1.165, 1.54) is 0 Å². The Balaban J connectivity index is 1.66. The largest absolute Gasteiger partial charge is 0.480 e. The molecule has 0 atom stereocenters. The highest BCUT2D eigenvalue weighted by atomic mass is 16.5. The fourth-order valence-electron chi connectivity index (χ4n) is 3.57. The number of carboxylic acids is 1. The molecule has 3 rings (SSSR count). The van der Waals surface area contributed by atoms with E-state index in [4.69, 9.17) is 9.84 Å². The Bertz CT molecular complexity index is 815. The molecule has 0 bridgehead atoms. The molecule has 1 aromatic carbocycles. The molecule has 0 aliphatic heterocycles. The Labute approximate surface area is 164 Å². The molecule has 2 N–H and O–H groups in total. The van der Waals surface area contributed by atoms with Crippen molar-refractivity contribution in [2.24, 2.45) is 0 Å². The number of carboxylic acid groups (broad SMARTS) is 1. The first-order valence-electron chi connectivity index (χ1n) is 9.41. The monoisotopic (exact) mass is 386 g/mol. The van der Waals surface area contributed by atoms with Gasteiger partial charge in [0.25, 0.3) is 5.91 Å². The molecule has 1 aromatic heterocycles. The smallest absolute Gasteiger partial charge is 0.317 e. The van der Waals surface area contributed by atoms with E-state index in [0.717, 1.165) is 18.5 Å². The van der Waals surface area contributed by atoms with Crippen molar-refractivity contribution < 1.29 is 19.4 Å². The van der Waals surface area contributed by atoms with Crippen molar-refractivity contribution in [1.82, 2.24) is 20.0 Å². The molecule has 1 saturated carbocycles. The van der Waals surface area contributed by atoms with Crippen LogP contribution in [0.15, 0.2) is 36.5 Å². The first-order chi connectivity index (χ1) is 13.5. The topological polar surface area (TPSA) is 96.7 Å². The van der Waals surface area contributed by atoms with Gasteiger partial charge in [-0.2, -0.15) is 5.10 Å². The van der Waals surface area contributed by atoms with Crippen LogP contribution in [0.5, 0.6) is 0 Å². The molecule has 1 amide bonds. The van der Waals surface area contributed by atoms with Crippen LogP contribution >= 0.6 is 0 Å². The van der Waals surface area contributed by atoms with Crippen LogP contribution < -0.4 is 5.32 Å². The molecule has 1 aliphatic carbocycles. The van der Waals surface area contributed by atoms with Crippen molar-refractivity contribution >= 4 is 11.9 Å². The Hall–Kier alpha value is -2.71. The number of para-hydroxylation sites is 1. The number of hydrogen-bond acceptors (Lipinski definition) is 5. The van der Waals surface area contributed by atoms with Gasteiger partial charge < -0.3 is 15.2 Å². The van der Waals surface area contributed by atoms with Gasteiger partial charge in [0.1, 0.15) is 0 Å². The second-order valence-electron chi connectivity index (χ2n) is 6.94. The van der Waals surface area contributed by atoms with Crippen LogP contribution in [0.3, 0.4) is 0 Å². The van der Waals surface area contributed by atoms with Crippen molar-refractivity contribution in [2.45, 2.75) is 38.5 Å². The summed E-state index contributed by atoms with van der Waals surface area (Å²) in [6.07, 6.45) is 3.06. The zero-order valence-electron chi connectivity index (χ0n) is 16.2. The minimum absolute atomic E-state index is 0.0314. The predicted octanol–water partition coefficient (Wildman–Crippen LogP) is 1.69. The third kappa shape index (κ3) is 4.40. The molecule has 1 aliphatic rings. The van der Waals surface area contributed by atoms with Crippen molar-refractivity contribution in [3.63, 3.8) is 0 Å². The van der Waals surface area contributed by atoms with E-state index < -0.39 is 5.97 Å². The number of methoxy groups -OCH3 is 1. The molecular weight excluding hydrogens is 360 g/mol. The van der Waals surface area contributed by atoms with Crippen LogP contribution in [-0.4, -0.2) is 63.9 Å². The van der Waals surface area contributed by atoms with E-state index in [1.54, 1.807) is 18.0 Å². The summed E-state index contributed by atoms with van der Waals surface area (Å²) < 4.78 is 7.00. The molecule has 1 fully saturated rings. The van der Waals surface area contributed by atoms with Crippen molar-refractivity contribution in [3.8, 4) is 5.69 Å². The van der Waals surface area contributed by atoms with E-state index in [0.29, 0.717) is 17.8 Å². The van der Waals surface area contributed by atoms with Gasteiger partial charge in [-0.3, -0.25) is 14.5 Å². The number of carbonyl (C=O) groups is 2. The zero-order chi connectivity index (χ0) is 20.1. The Morgan fingerprint density at radius 2 is 2.04 bits per heavy atom. The number of aromatic nitrogens is 2. The SMILES string of the molecule is CCN(CC(=O)O)C1CC(NC(=O)c2cnn(-c3ccccc3)c2COC)C1. The number of aliphatic carboxylic acids is 1. The molecule has 28 heavy (non-hydrogen) atoms. The zero-order valence-corrected chi connectivity index (χ0v) is 16.2. The lowest BCUT2D eigenvalue weighted by atomic mass is 9.85. The molecular formula is C20H26N4O4. The summed E-state index contributed by atoms with van der Waals surface area (Å²) in [4.78, 5) is 25.7. The summed E-state index contributed by atoms with van der Waals surface area (Å²) in [5.41, 5.74) is 2.06. The van der Waals surface area contributed by atoms with Crippen LogP contribution in [-0.2, 0) is 16.1 Å². The average Bonchev–Trinajstić information content (AvgIpc) is 3.07. The van der Waals surface area contributed by atoms with E-state index in [9.17, 15) is 9.59 Å². The Morgan fingerprint density at radius 1 is 1.32 bits per heavy atom. The number of hydrogen-bond donors (Lipinski definition) is 2. The van der Waals surface area contributed by atoms with Gasteiger partial charge in [-0.1, -0.05) is 25.1 Å². The number of likely N-dealkylation sites (N-methyl/N-ethyl adjacent to an activating group) is 1. The molecule has 0 spiro atoms. The molecule has 150 valence electrons.